The van der Waals surface area contributed by atoms with Crippen molar-refractivity contribution in [3.63, 3.8) is 0 Å². The highest BCUT2D eigenvalue weighted by Crippen LogP contribution is 2.08. The molecular formula is C12H14F2O3. The number of rotatable bonds is 6. The average molecular weight is 244 g/mol. The molecular weight excluding hydrogens is 230 g/mol. The zero-order chi connectivity index (χ0) is 12.7. The summed E-state index contributed by atoms with van der Waals surface area (Å²) >= 11 is 0. The minimum atomic E-state index is -2.52. The van der Waals surface area contributed by atoms with E-state index in [1.807, 2.05) is 6.07 Å². The zero-order valence-corrected chi connectivity index (χ0v) is 9.18. The number of ether oxygens (including phenoxy) is 1. The van der Waals surface area contributed by atoms with Crippen LogP contribution in [0.15, 0.2) is 30.3 Å². The summed E-state index contributed by atoms with van der Waals surface area (Å²) in [7, 11) is 0. The first-order chi connectivity index (χ1) is 8.09. The lowest BCUT2D eigenvalue weighted by Gasteiger charge is -2.10. The van der Waals surface area contributed by atoms with Crippen LogP contribution in [-0.2, 0) is 16.1 Å². The molecule has 1 rings (SSSR count). The monoisotopic (exact) mass is 244 g/mol. The maximum atomic E-state index is 11.8. The molecule has 1 aromatic carbocycles. The van der Waals surface area contributed by atoms with Crippen molar-refractivity contribution >= 4 is 5.97 Å². The van der Waals surface area contributed by atoms with E-state index in [1.165, 1.54) is 0 Å². The maximum Gasteiger partial charge on any atom is 0.335 e. The molecule has 0 bridgehead atoms. The fourth-order valence-electron chi connectivity index (χ4n) is 1.23. The Bertz CT molecular complexity index is 341. The quantitative estimate of drug-likeness (QED) is 0.780. The van der Waals surface area contributed by atoms with Crippen LogP contribution in [0.1, 0.15) is 18.4 Å². The van der Waals surface area contributed by atoms with Crippen LogP contribution in [0.4, 0.5) is 8.78 Å². The fourth-order valence-corrected chi connectivity index (χ4v) is 1.23. The highest BCUT2D eigenvalue weighted by atomic mass is 19.3. The summed E-state index contributed by atoms with van der Waals surface area (Å²) in [5, 5.41) is 9.24. The Morgan fingerprint density at radius 1 is 1.24 bits per heavy atom. The van der Waals surface area contributed by atoms with E-state index in [2.05, 4.69) is 0 Å². The third kappa shape index (κ3) is 5.40. The molecule has 5 heteroatoms. The molecule has 0 saturated heterocycles. The van der Waals surface area contributed by atoms with E-state index in [4.69, 9.17) is 4.74 Å². The average Bonchev–Trinajstić information content (AvgIpc) is 2.34. The molecule has 0 spiro atoms. The normalized spacial score (nSPS) is 12.5. The van der Waals surface area contributed by atoms with Gasteiger partial charge in [0.05, 0.1) is 0 Å². The summed E-state index contributed by atoms with van der Waals surface area (Å²) in [6.07, 6.45) is -4.80. The van der Waals surface area contributed by atoms with Crippen LogP contribution in [0.3, 0.4) is 0 Å². The van der Waals surface area contributed by atoms with Gasteiger partial charge in [0.25, 0.3) is 0 Å². The number of halogens is 2. The van der Waals surface area contributed by atoms with Crippen LogP contribution in [0.25, 0.3) is 0 Å². The molecule has 0 amide bonds. The summed E-state index contributed by atoms with van der Waals surface area (Å²) in [6, 6.07) is 8.92. The Labute approximate surface area is 98.0 Å². The highest BCUT2D eigenvalue weighted by molar-refractivity contribution is 5.74. The third-order valence-electron chi connectivity index (χ3n) is 2.15. The predicted octanol–water partition coefficient (Wildman–Crippen LogP) is 2.14. The van der Waals surface area contributed by atoms with Crippen molar-refractivity contribution in [2.45, 2.75) is 32.0 Å². The van der Waals surface area contributed by atoms with Crippen molar-refractivity contribution in [1.29, 1.82) is 0 Å². The van der Waals surface area contributed by atoms with Gasteiger partial charge in [-0.3, -0.25) is 0 Å². The lowest BCUT2D eigenvalue weighted by atomic mass is 10.2. The molecule has 1 aromatic rings. The number of carbonyl (C=O) groups is 1. The van der Waals surface area contributed by atoms with Crippen LogP contribution >= 0.6 is 0 Å². The standard InChI is InChI=1S/C12H14F2O3/c13-11(14)7-6-10(15)12(16)17-8-9-4-2-1-3-5-9/h1-5,10-11,15H,6-8H2. The number of carbonyl (C=O) groups excluding carboxylic acids is 1. The first-order valence-electron chi connectivity index (χ1n) is 5.26. The minimum Gasteiger partial charge on any atom is -0.459 e. The van der Waals surface area contributed by atoms with Crippen LogP contribution in [0.2, 0.25) is 0 Å². The van der Waals surface area contributed by atoms with E-state index >= 15 is 0 Å². The van der Waals surface area contributed by atoms with Gasteiger partial charge in [0.1, 0.15) is 6.61 Å². The van der Waals surface area contributed by atoms with E-state index in [0.717, 1.165) is 5.56 Å². The molecule has 0 aliphatic carbocycles. The molecule has 1 N–H and O–H groups in total. The van der Waals surface area contributed by atoms with E-state index < -0.39 is 24.9 Å². The van der Waals surface area contributed by atoms with Gasteiger partial charge in [-0.1, -0.05) is 30.3 Å². The van der Waals surface area contributed by atoms with Crippen molar-refractivity contribution in [2.75, 3.05) is 0 Å². The topological polar surface area (TPSA) is 46.5 Å². The van der Waals surface area contributed by atoms with Crippen LogP contribution in [-0.4, -0.2) is 23.6 Å². The van der Waals surface area contributed by atoms with Crippen molar-refractivity contribution in [1.82, 2.24) is 0 Å². The fraction of sp³-hybridized carbons (Fsp3) is 0.417. The van der Waals surface area contributed by atoms with Crippen molar-refractivity contribution < 1.29 is 23.4 Å². The molecule has 0 aliphatic heterocycles. The van der Waals surface area contributed by atoms with Crippen molar-refractivity contribution in [3.8, 4) is 0 Å². The van der Waals surface area contributed by atoms with Crippen LogP contribution in [0, 0.1) is 0 Å². The van der Waals surface area contributed by atoms with Gasteiger partial charge in [0.15, 0.2) is 6.10 Å². The smallest absolute Gasteiger partial charge is 0.335 e. The van der Waals surface area contributed by atoms with Crippen LogP contribution < -0.4 is 0 Å². The van der Waals surface area contributed by atoms with Gasteiger partial charge in [-0.2, -0.15) is 0 Å². The Hall–Kier alpha value is -1.49. The summed E-state index contributed by atoms with van der Waals surface area (Å²) in [6.45, 7) is 0.0331. The Kier molecular flexibility index (Phi) is 5.56. The van der Waals surface area contributed by atoms with E-state index in [-0.39, 0.29) is 13.0 Å². The van der Waals surface area contributed by atoms with Gasteiger partial charge < -0.3 is 9.84 Å². The predicted molar refractivity (Wildman–Crippen MR) is 57.5 cm³/mol. The van der Waals surface area contributed by atoms with E-state index in [9.17, 15) is 18.7 Å². The molecule has 17 heavy (non-hydrogen) atoms. The largest absolute Gasteiger partial charge is 0.459 e. The Balaban J connectivity index is 2.29. The minimum absolute atomic E-state index is 0.0331. The van der Waals surface area contributed by atoms with Gasteiger partial charge in [-0.05, 0) is 12.0 Å². The summed E-state index contributed by atoms with van der Waals surface area (Å²) in [5.74, 6) is -0.866. The summed E-state index contributed by atoms with van der Waals surface area (Å²) in [4.78, 5) is 11.2. The number of hydrogen-bond donors (Lipinski definition) is 1. The van der Waals surface area contributed by atoms with Gasteiger partial charge >= 0.3 is 5.97 Å². The molecule has 94 valence electrons. The molecule has 0 fully saturated rings. The Morgan fingerprint density at radius 2 is 1.88 bits per heavy atom. The molecule has 0 radical (unpaired) electrons. The number of aliphatic hydroxyl groups is 1. The Morgan fingerprint density at radius 3 is 2.47 bits per heavy atom. The second-order valence-corrected chi connectivity index (χ2v) is 3.58. The number of aliphatic hydroxyl groups excluding tert-OH is 1. The summed E-state index contributed by atoms with van der Waals surface area (Å²) < 4.78 is 28.5. The third-order valence-corrected chi connectivity index (χ3v) is 2.15. The molecule has 0 aliphatic rings. The highest BCUT2D eigenvalue weighted by Gasteiger charge is 2.18. The second kappa shape index (κ2) is 6.96. The zero-order valence-electron chi connectivity index (χ0n) is 9.18. The second-order valence-electron chi connectivity index (χ2n) is 3.58. The van der Waals surface area contributed by atoms with E-state index in [1.54, 1.807) is 24.3 Å². The number of esters is 1. The van der Waals surface area contributed by atoms with Gasteiger partial charge in [0, 0.05) is 6.42 Å². The van der Waals surface area contributed by atoms with Gasteiger partial charge in [-0.25, -0.2) is 13.6 Å². The maximum absolute atomic E-state index is 11.8. The molecule has 1 unspecified atom stereocenters. The number of hydrogen-bond acceptors (Lipinski definition) is 3. The van der Waals surface area contributed by atoms with E-state index in [0.29, 0.717) is 0 Å². The lowest BCUT2D eigenvalue weighted by molar-refractivity contribution is -0.155. The first kappa shape index (κ1) is 13.6. The van der Waals surface area contributed by atoms with Crippen LogP contribution in [0.5, 0.6) is 0 Å². The van der Waals surface area contributed by atoms with Crippen molar-refractivity contribution in [3.05, 3.63) is 35.9 Å². The molecule has 3 nitrogen and oxygen atoms in total. The molecule has 0 aromatic heterocycles. The molecule has 1 atom stereocenters. The lowest BCUT2D eigenvalue weighted by Crippen LogP contribution is -2.23. The SMILES string of the molecule is O=C(OCc1ccccc1)C(O)CCC(F)F. The first-order valence-corrected chi connectivity index (χ1v) is 5.26. The van der Waals surface area contributed by atoms with Gasteiger partial charge in [-0.15, -0.1) is 0 Å². The number of benzene rings is 1. The molecule has 0 heterocycles. The molecule has 0 saturated carbocycles. The number of alkyl halides is 2. The summed E-state index contributed by atoms with van der Waals surface area (Å²) in [5.41, 5.74) is 0.780. The van der Waals surface area contributed by atoms with Crippen molar-refractivity contribution in [2.24, 2.45) is 0 Å². The van der Waals surface area contributed by atoms with Gasteiger partial charge in [0.2, 0.25) is 6.43 Å².